The predicted octanol–water partition coefficient (Wildman–Crippen LogP) is 2.63. The number of nitrogens with zero attached hydrogens (tertiary/aromatic N) is 4. The summed E-state index contributed by atoms with van der Waals surface area (Å²) in [6, 6.07) is 12.4. The number of piperazine rings is 1. The summed E-state index contributed by atoms with van der Waals surface area (Å²) >= 11 is 0. The fourth-order valence-electron chi connectivity index (χ4n) is 4.29. The van der Waals surface area contributed by atoms with Gasteiger partial charge in [0.2, 0.25) is 11.8 Å². The Morgan fingerprint density at radius 1 is 1.09 bits per heavy atom. The summed E-state index contributed by atoms with van der Waals surface area (Å²) in [4.78, 5) is 24.9. The van der Waals surface area contributed by atoms with Gasteiger partial charge in [0.15, 0.2) is 0 Å². The van der Waals surface area contributed by atoms with Crippen molar-refractivity contribution in [1.29, 1.82) is 0 Å². The van der Waals surface area contributed by atoms with Gasteiger partial charge < -0.3 is 9.64 Å². The molecule has 1 amide bonds. The summed E-state index contributed by atoms with van der Waals surface area (Å²) < 4.78 is 5.96. The molecule has 2 aliphatic heterocycles. The highest BCUT2D eigenvalue weighted by Gasteiger charge is 2.19. The van der Waals surface area contributed by atoms with E-state index in [-0.39, 0.29) is 5.91 Å². The van der Waals surface area contributed by atoms with Crippen LogP contribution in [-0.2, 0) is 11.3 Å². The topological polar surface area (TPSA) is 82.6 Å². The van der Waals surface area contributed by atoms with Gasteiger partial charge >= 0.3 is 0 Å². The van der Waals surface area contributed by atoms with Crippen LogP contribution in [0.15, 0.2) is 48.8 Å². The van der Waals surface area contributed by atoms with Crippen molar-refractivity contribution in [2.75, 3.05) is 32.7 Å². The Morgan fingerprint density at radius 2 is 1.97 bits per heavy atom. The molecule has 2 N–H and O–H groups in total. The number of nitrogens with one attached hydrogen (secondary N) is 2. The highest BCUT2D eigenvalue weighted by molar-refractivity contribution is 5.80. The first-order valence-corrected chi connectivity index (χ1v) is 11.1. The number of fused-ring (bicyclic) bond motifs is 1. The van der Waals surface area contributed by atoms with Crippen molar-refractivity contribution >= 4 is 16.8 Å². The van der Waals surface area contributed by atoms with Gasteiger partial charge in [0.1, 0.15) is 5.75 Å². The Hall–Kier alpha value is -3.07. The molecule has 1 aromatic carbocycles. The fourth-order valence-corrected chi connectivity index (χ4v) is 4.29. The van der Waals surface area contributed by atoms with E-state index in [1.165, 1.54) is 5.56 Å². The van der Waals surface area contributed by atoms with E-state index in [2.05, 4.69) is 37.9 Å². The molecule has 2 fully saturated rings. The summed E-state index contributed by atoms with van der Waals surface area (Å²) in [6.07, 6.45) is 4.84. The monoisotopic (exact) mass is 432 g/mol. The SMILES string of the molecule is CC(=O)N1CCN(Cc2cnc3cc(Oc4ccc(C5CCNN5)cn4)ccc3c2)CC1. The van der Waals surface area contributed by atoms with E-state index in [9.17, 15) is 4.79 Å². The molecule has 4 heterocycles. The lowest BCUT2D eigenvalue weighted by Crippen LogP contribution is -2.47. The van der Waals surface area contributed by atoms with Crippen molar-refractivity contribution < 1.29 is 9.53 Å². The number of hydrogen-bond donors (Lipinski definition) is 2. The molecule has 0 saturated carbocycles. The van der Waals surface area contributed by atoms with Gasteiger partial charge in [0.05, 0.1) is 5.52 Å². The van der Waals surface area contributed by atoms with E-state index in [1.807, 2.05) is 41.6 Å². The molecule has 5 rings (SSSR count). The molecule has 1 unspecified atom stereocenters. The minimum atomic E-state index is 0.157. The molecule has 8 heteroatoms. The maximum Gasteiger partial charge on any atom is 0.219 e. The number of ether oxygens (including phenoxy) is 1. The van der Waals surface area contributed by atoms with Crippen molar-refractivity contribution in [2.24, 2.45) is 0 Å². The number of amides is 1. The zero-order chi connectivity index (χ0) is 21.9. The minimum absolute atomic E-state index is 0.157. The van der Waals surface area contributed by atoms with Crippen molar-refractivity contribution in [3.8, 4) is 11.6 Å². The summed E-state index contributed by atoms with van der Waals surface area (Å²) in [7, 11) is 0. The van der Waals surface area contributed by atoms with Crippen LogP contribution in [0, 0.1) is 0 Å². The molecule has 3 aromatic rings. The molecule has 2 saturated heterocycles. The van der Waals surface area contributed by atoms with Gasteiger partial charge in [-0.15, -0.1) is 0 Å². The van der Waals surface area contributed by atoms with E-state index in [0.29, 0.717) is 11.9 Å². The molecule has 1 atom stereocenters. The van der Waals surface area contributed by atoms with E-state index in [0.717, 1.165) is 67.9 Å². The molecule has 0 aliphatic carbocycles. The molecule has 0 spiro atoms. The first-order chi connectivity index (χ1) is 15.6. The minimum Gasteiger partial charge on any atom is -0.439 e. The zero-order valence-electron chi connectivity index (χ0n) is 18.3. The van der Waals surface area contributed by atoms with Gasteiger partial charge in [-0.05, 0) is 35.7 Å². The van der Waals surface area contributed by atoms with Crippen LogP contribution in [0.4, 0.5) is 0 Å². The van der Waals surface area contributed by atoms with Crippen LogP contribution in [0.5, 0.6) is 11.6 Å². The number of hydrazine groups is 1. The number of aromatic nitrogens is 2. The number of benzene rings is 1. The fraction of sp³-hybridized carbons (Fsp3) is 0.375. The van der Waals surface area contributed by atoms with Gasteiger partial charge in [-0.2, -0.15) is 0 Å². The Morgan fingerprint density at radius 3 is 2.69 bits per heavy atom. The predicted molar refractivity (Wildman–Crippen MR) is 122 cm³/mol. The summed E-state index contributed by atoms with van der Waals surface area (Å²) in [5.74, 6) is 1.45. The van der Waals surface area contributed by atoms with Crippen LogP contribution in [0.3, 0.4) is 0 Å². The van der Waals surface area contributed by atoms with Crippen molar-refractivity contribution in [3.05, 3.63) is 59.9 Å². The number of carbonyl (C=O) groups is 1. The van der Waals surface area contributed by atoms with Crippen molar-refractivity contribution in [1.82, 2.24) is 30.6 Å². The Bertz CT molecular complexity index is 1090. The second-order valence-electron chi connectivity index (χ2n) is 8.42. The zero-order valence-corrected chi connectivity index (χ0v) is 18.3. The number of pyridine rings is 2. The standard InChI is InChI=1S/C24H28N6O2/c1-17(31)30-10-8-29(9-11-30)16-18-12-19-2-4-21(13-23(19)25-14-18)32-24-5-3-20(15-26-24)22-6-7-27-28-22/h2-5,12-15,22,27-28H,6-11,16H2,1H3. The summed E-state index contributed by atoms with van der Waals surface area (Å²) in [5.41, 5.74) is 9.60. The lowest BCUT2D eigenvalue weighted by Gasteiger charge is -2.34. The average molecular weight is 433 g/mol. The third-order valence-corrected chi connectivity index (χ3v) is 6.15. The molecule has 0 bridgehead atoms. The smallest absolute Gasteiger partial charge is 0.219 e. The normalized spacial score (nSPS) is 19.4. The van der Waals surface area contributed by atoms with E-state index >= 15 is 0 Å². The van der Waals surface area contributed by atoms with Crippen molar-refractivity contribution in [3.63, 3.8) is 0 Å². The Kier molecular flexibility index (Phi) is 5.98. The first-order valence-electron chi connectivity index (χ1n) is 11.1. The Balaban J connectivity index is 1.22. The molecule has 166 valence electrons. The largest absolute Gasteiger partial charge is 0.439 e. The highest BCUT2D eigenvalue weighted by Crippen LogP contribution is 2.26. The number of carbonyl (C=O) groups excluding carboxylic acids is 1. The van der Waals surface area contributed by atoms with Crippen molar-refractivity contribution in [2.45, 2.75) is 25.9 Å². The van der Waals surface area contributed by atoms with Crippen LogP contribution in [0.2, 0.25) is 0 Å². The van der Waals surface area contributed by atoms with Gasteiger partial charge in [-0.3, -0.25) is 25.5 Å². The average Bonchev–Trinajstić information content (AvgIpc) is 3.35. The number of rotatable bonds is 5. The van der Waals surface area contributed by atoms with Gasteiger partial charge in [0, 0.05) is 82.1 Å². The van der Waals surface area contributed by atoms with Gasteiger partial charge in [-0.25, -0.2) is 4.98 Å². The Labute approximate surface area is 187 Å². The number of hydrogen-bond acceptors (Lipinski definition) is 7. The molecule has 8 nitrogen and oxygen atoms in total. The molecular formula is C24H28N6O2. The maximum absolute atomic E-state index is 11.5. The van der Waals surface area contributed by atoms with Gasteiger partial charge in [-0.1, -0.05) is 6.07 Å². The van der Waals surface area contributed by atoms with Crippen LogP contribution in [0.25, 0.3) is 10.9 Å². The third-order valence-electron chi connectivity index (χ3n) is 6.15. The van der Waals surface area contributed by atoms with Crippen LogP contribution in [0.1, 0.15) is 30.5 Å². The van der Waals surface area contributed by atoms with Crippen LogP contribution < -0.4 is 15.6 Å². The maximum atomic E-state index is 11.5. The lowest BCUT2D eigenvalue weighted by atomic mass is 10.1. The summed E-state index contributed by atoms with van der Waals surface area (Å²) in [6.45, 7) is 6.81. The quantitative estimate of drug-likeness (QED) is 0.641. The molecule has 2 aliphatic rings. The molecular weight excluding hydrogens is 404 g/mol. The van der Waals surface area contributed by atoms with Crippen LogP contribution in [-0.4, -0.2) is 58.4 Å². The van der Waals surface area contributed by atoms with Crippen LogP contribution >= 0.6 is 0 Å². The summed E-state index contributed by atoms with van der Waals surface area (Å²) in [5, 5.41) is 1.08. The molecule has 0 radical (unpaired) electrons. The molecule has 32 heavy (non-hydrogen) atoms. The molecule has 2 aromatic heterocycles. The van der Waals surface area contributed by atoms with E-state index in [4.69, 9.17) is 4.74 Å². The highest BCUT2D eigenvalue weighted by atomic mass is 16.5. The van der Waals surface area contributed by atoms with E-state index < -0.39 is 0 Å². The lowest BCUT2D eigenvalue weighted by molar-refractivity contribution is -0.130. The second-order valence-corrected chi connectivity index (χ2v) is 8.42. The van der Waals surface area contributed by atoms with E-state index in [1.54, 1.807) is 6.92 Å². The second kappa shape index (κ2) is 9.20. The third kappa shape index (κ3) is 4.72. The first kappa shape index (κ1) is 20.8. The van der Waals surface area contributed by atoms with Gasteiger partial charge in [0.25, 0.3) is 0 Å².